The fraction of sp³-hybridized carbons (Fsp3) is 0.241. The van der Waals surface area contributed by atoms with Crippen molar-refractivity contribution >= 4 is 29.1 Å². The van der Waals surface area contributed by atoms with Gasteiger partial charge in [0.2, 0.25) is 0 Å². The van der Waals surface area contributed by atoms with Gasteiger partial charge in [-0.05, 0) is 54.0 Å². The second-order valence-electron chi connectivity index (χ2n) is 9.27. The van der Waals surface area contributed by atoms with E-state index in [2.05, 4.69) is 21.1 Å². The third-order valence-electron chi connectivity index (χ3n) is 5.99. The largest absolute Gasteiger partial charge is 0.351 e. The van der Waals surface area contributed by atoms with E-state index >= 15 is 0 Å². The molecule has 0 spiro atoms. The second kappa shape index (κ2) is 11.9. The third-order valence-corrected chi connectivity index (χ3v) is 6.25. The normalized spacial score (nSPS) is 17.8. The molecule has 0 aromatic heterocycles. The number of carbonyl (C=O) groups is 2. The third kappa shape index (κ3) is 6.53. The number of nitrogens with one attached hydrogen (secondary N) is 3. The van der Waals surface area contributed by atoms with E-state index in [0.717, 1.165) is 11.3 Å². The van der Waals surface area contributed by atoms with Crippen molar-refractivity contribution in [3.63, 3.8) is 0 Å². The Kier molecular flexibility index (Phi) is 8.41. The van der Waals surface area contributed by atoms with E-state index in [0.29, 0.717) is 23.7 Å². The average Bonchev–Trinajstić information content (AvgIpc) is 3.32. The molecule has 0 bridgehead atoms. The van der Waals surface area contributed by atoms with Crippen LogP contribution in [0.3, 0.4) is 0 Å². The quantitative estimate of drug-likeness (QED) is 0.374. The van der Waals surface area contributed by atoms with Crippen molar-refractivity contribution in [1.82, 2.24) is 16.1 Å². The van der Waals surface area contributed by atoms with Crippen molar-refractivity contribution in [3.8, 4) is 0 Å². The first-order valence-electron chi connectivity index (χ1n) is 12.1. The fourth-order valence-corrected chi connectivity index (χ4v) is 4.25. The van der Waals surface area contributed by atoms with Crippen LogP contribution in [0.25, 0.3) is 0 Å². The Balaban J connectivity index is 1.67. The van der Waals surface area contributed by atoms with Gasteiger partial charge in [0.25, 0.3) is 11.8 Å². The molecule has 2 unspecified atom stereocenters. The zero-order valence-corrected chi connectivity index (χ0v) is 21.2. The molecular formula is C29H31ClN4O2. The number of anilines is 1. The highest BCUT2D eigenvalue weighted by Crippen LogP contribution is 2.33. The summed E-state index contributed by atoms with van der Waals surface area (Å²) in [6, 6.07) is 26.5. The van der Waals surface area contributed by atoms with Crippen LogP contribution >= 0.6 is 11.6 Å². The molecule has 0 radical (unpaired) electrons. The van der Waals surface area contributed by atoms with Crippen molar-refractivity contribution in [2.75, 3.05) is 18.1 Å². The van der Waals surface area contributed by atoms with Gasteiger partial charge in [0.05, 0.1) is 11.7 Å². The molecule has 2 atom stereocenters. The summed E-state index contributed by atoms with van der Waals surface area (Å²) in [5, 5.41) is 8.54. The molecule has 0 saturated carbocycles. The van der Waals surface area contributed by atoms with Crippen LogP contribution in [0.4, 0.5) is 5.69 Å². The number of benzene rings is 3. The van der Waals surface area contributed by atoms with Gasteiger partial charge in [0.15, 0.2) is 0 Å². The zero-order valence-electron chi connectivity index (χ0n) is 20.4. The van der Waals surface area contributed by atoms with Crippen LogP contribution < -0.4 is 21.1 Å². The molecule has 0 aliphatic carbocycles. The molecule has 7 heteroatoms. The lowest BCUT2D eigenvalue weighted by Gasteiger charge is -2.20. The van der Waals surface area contributed by atoms with Crippen molar-refractivity contribution < 1.29 is 9.59 Å². The Morgan fingerprint density at radius 2 is 1.64 bits per heavy atom. The Hall–Kier alpha value is -3.61. The number of halogens is 1. The number of para-hydroxylation sites is 1. The number of rotatable bonds is 8. The fourth-order valence-electron chi connectivity index (χ4n) is 4.13. The average molecular weight is 503 g/mol. The summed E-state index contributed by atoms with van der Waals surface area (Å²) in [6.45, 7) is 5.18. The number of nitrogens with zero attached hydrogens (tertiary/aromatic N) is 1. The summed E-state index contributed by atoms with van der Waals surface area (Å²) >= 11 is 6.14. The summed E-state index contributed by atoms with van der Waals surface area (Å²) < 4.78 is 0. The number of amides is 2. The van der Waals surface area contributed by atoms with Gasteiger partial charge in [0, 0.05) is 29.6 Å². The molecule has 3 N–H and O–H groups in total. The first kappa shape index (κ1) is 25.5. The Morgan fingerprint density at radius 3 is 2.28 bits per heavy atom. The van der Waals surface area contributed by atoms with E-state index in [4.69, 9.17) is 11.6 Å². The topological polar surface area (TPSA) is 73.5 Å². The lowest BCUT2D eigenvalue weighted by Crippen LogP contribution is -2.37. The van der Waals surface area contributed by atoms with Gasteiger partial charge in [-0.1, -0.05) is 74.0 Å². The predicted molar refractivity (Wildman–Crippen MR) is 144 cm³/mol. The predicted octanol–water partition coefficient (Wildman–Crippen LogP) is 5.11. The monoisotopic (exact) mass is 502 g/mol. The maximum Gasteiger partial charge on any atom is 0.267 e. The molecule has 6 nitrogen and oxygen atoms in total. The maximum atomic E-state index is 13.2. The summed E-state index contributed by atoms with van der Waals surface area (Å²) in [7, 11) is 0. The smallest absolute Gasteiger partial charge is 0.267 e. The Morgan fingerprint density at radius 1 is 1.00 bits per heavy atom. The number of hydrogen-bond acceptors (Lipinski definition) is 4. The molecule has 186 valence electrons. The van der Waals surface area contributed by atoms with Crippen molar-refractivity contribution in [2.24, 2.45) is 11.8 Å². The van der Waals surface area contributed by atoms with E-state index in [1.807, 2.05) is 80.6 Å². The van der Waals surface area contributed by atoms with Gasteiger partial charge >= 0.3 is 0 Å². The van der Waals surface area contributed by atoms with Crippen LogP contribution in [-0.4, -0.2) is 24.9 Å². The number of hydrazine groups is 1. The minimum Gasteiger partial charge on any atom is -0.351 e. The molecule has 1 saturated heterocycles. The summed E-state index contributed by atoms with van der Waals surface area (Å²) in [6.07, 6.45) is 1.87. The molecule has 3 aromatic rings. The highest BCUT2D eigenvalue weighted by atomic mass is 35.5. The SMILES string of the molecule is CC(C)CNC(=O)/C(=C/C1CN(c2ccccc2)NC1c1ccc(Cl)cc1)NC(=O)c1ccccc1. The molecule has 3 aromatic carbocycles. The van der Waals surface area contributed by atoms with Gasteiger partial charge in [-0.15, -0.1) is 0 Å². The van der Waals surface area contributed by atoms with Crippen LogP contribution in [0.2, 0.25) is 5.02 Å². The minimum atomic E-state index is -0.324. The van der Waals surface area contributed by atoms with Crippen molar-refractivity contribution in [2.45, 2.75) is 19.9 Å². The van der Waals surface area contributed by atoms with Crippen LogP contribution in [0.15, 0.2) is 96.7 Å². The van der Waals surface area contributed by atoms with Crippen LogP contribution in [0.1, 0.15) is 35.8 Å². The lowest BCUT2D eigenvalue weighted by molar-refractivity contribution is -0.118. The van der Waals surface area contributed by atoms with E-state index in [9.17, 15) is 9.59 Å². The zero-order chi connectivity index (χ0) is 25.5. The highest BCUT2D eigenvalue weighted by molar-refractivity contribution is 6.30. The lowest BCUT2D eigenvalue weighted by atomic mass is 9.93. The second-order valence-corrected chi connectivity index (χ2v) is 9.71. The number of hydrogen-bond donors (Lipinski definition) is 3. The maximum absolute atomic E-state index is 13.2. The molecule has 2 amide bonds. The van der Waals surface area contributed by atoms with Gasteiger partial charge in [0.1, 0.15) is 5.70 Å². The van der Waals surface area contributed by atoms with Crippen LogP contribution in [0, 0.1) is 11.8 Å². The standard InChI is InChI=1S/C29H31ClN4O2/c1-20(2)18-31-29(36)26(32-28(35)22-9-5-3-6-10-22)17-23-19-34(25-11-7-4-8-12-25)33-27(23)21-13-15-24(30)16-14-21/h3-17,20,23,27,33H,18-19H2,1-2H3,(H,31,36)(H,32,35)/b26-17-. The molecule has 1 aliphatic rings. The first-order valence-corrected chi connectivity index (χ1v) is 12.5. The summed E-state index contributed by atoms with van der Waals surface area (Å²) in [4.78, 5) is 26.2. The summed E-state index contributed by atoms with van der Waals surface area (Å²) in [5.41, 5.74) is 6.36. The van der Waals surface area contributed by atoms with E-state index < -0.39 is 0 Å². The minimum absolute atomic E-state index is 0.109. The highest BCUT2D eigenvalue weighted by Gasteiger charge is 2.33. The molecule has 1 fully saturated rings. The molecular weight excluding hydrogens is 472 g/mol. The Labute approximate surface area is 217 Å². The molecule has 1 aliphatic heterocycles. The van der Waals surface area contributed by atoms with E-state index in [1.165, 1.54) is 0 Å². The van der Waals surface area contributed by atoms with Crippen LogP contribution in [0.5, 0.6) is 0 Å². The molecule has 1 heterocycles. The number of carbonyl (C=O) groups excluding carboxylic acids is 2. The molecule has 36 heavy (non-hydrogen) atoms. The summed E-state index contributed by atoms with van der Waals surface area (Å²) in [5.74, 6) is -0.456. The first-order chi connectivity index (χ1) is 17.4. The van der Waals surface area contributed by atoms with Gasteiger partial charge in [-0.2, -0.15) is 0 Å². The van der Waals surface area contributed by atoms with Gasteiger partial charge in [-0.25, -0.2) is 5.43 Å². The Bertz CT molecular complexity index is 1200. The van der Waals surface area contributed by atoms with E-state index in [-0.39, 0.29) is 35.4 Å². The molecule has 4 rings (SSSR count). The van der Waals surface area contributed by atoms with Crippen molar-refractivity contribution in [3.05, 3.63) is 113 Å². The van der Waals surface area contributed by atoms with Crippen molar-refractivity contribution in [1.29, 1.82) is 0 Å². The van der Waals surface area contributed by atoms with Crippen LogP contribution in [-0.2, 0) is 4.79 Å². The van der Waals surface area contributed by atoms with E-state index in [1.54, 1.807) is 24.3 Å². The van der Waals surface area contributed by atoms with Gasteiger partial charge in [-0.3, -0.25) is 9.59 Å². The van der Waals surface area contributed by atoms with Gasteiger partial charge < -0.3 is 15.6 Å².